The lowest BCUT2D eigenvalue weighted by Crippen LogP contribution is -1.94. The van der Waals surface area contributed by atoms with Gasteiger partial charge in [0.1, 0.15) is 0 Å². The SMILES string of the molecule is Brc1ccsc1COCCC1CC1. The lowest BCUT2D eigenvalue weighted by atomic mass is 10.3. The third-order valence-corrected chi connectivity index (χ3v) is 4.19. The highest BCUT2D eigenvalue weighted by molar-refractivity contribution is 9.10. The predicted octanol–water partition coefficient (Wildman–Crippen LogP) is 3.83. The molecule has 1 aliphatic rings. The van der Waals surface area contributed by atoms with Gasteiger partial charge in [-0.2, -0.15) is 0 Å². The van der Waals surface area contributed by atoms with Gasteiger partial charge in [-0.15, -0.1) is 11.3 Å². The van der Waals surface area contributed by atoms with Crippen LogP contribution in [0.4, 0.5) is 0 Å². The summed E-state index contributed by atoms with van der Waals surface area (Å²) in [5.74, 6) is 0.978. The fourth-order valence-electron chi connectivity index (χ4n) is 1.25. The summed E-state index contributed by atoms with van der Waals surface area (Å²) in [6, 6.07) is 2.07. The van der Waals surface area contributed by atoms with Crippen LogP contribution in [-0.2, 0) is 11.3 Å². The number of rotatable bonds is 5. The van der Waals surface area contributed by atoms with E-state index in [1.165, 1.54) is 28.6 Å². The molecule has 1 fully saturated rings. The minimum atomic E-state index is 0.769. The van der Waals surface area contributed by atoms with Crippen molar-refractivity contribution in [3.63, 3.8) is 0 Å². The molecular weight excluding hydrogens is 248 g/mol. The molecule has 72 valence electrons. The van der Waals surface area contributed by atoms with Gasteiger partial charge in [0.05, 0.1) is 6.61 Å². The summed E-state index contributed by atoms with van der Waals surface area (Å²) in [6.07, 6.45) is 4.10. The van der Waals surface area contributed by atoms with Crippen molar-refractivity contribution in [3.8, 4) is 0 Å². The Morgan fingerprint density at radius 1 is 1.54 bits per heavy atom. The molecule has 1 aromatic heterocycles. The van der Waals surface area contributed by atoms with Gasteiger partial charge in [0.2, 0.25) is 0 Å². The molecule has 0 amide bonds. The van der Waals surface area contributed by atoms with Gasteiger partial charge in [-0.25, -0.2) is 0 Å². The molecule has 0 radical (unpaired) electrons. The third-order valence-electron chi connectivity index (χ3n) is 2.29. The first kappa shape index (κ1) is 9.69. The summed E-state index contributed by atoms with van der Waals surface area (Å²) < 4.78 is 6.77. The van der Waals surface area contributed by atoms with Crippen molar-refractivity contribution in [2.75, 3.05) is 6.61 Å². The lowest BCUT2D eigenvalue weighted by molar-refractivity contribution is 0.117. The van der Waals surface area contributed by atoms with E-state index in [1.807, 2.05) is 0 Å². The van der Waals surface area contributed by atoms with Crippen molar-refractivity contribution in [1.29, 1.82) is 0 Å². The number of ether oxygens (including phenoxy) is 1. The summed E-state index contributed by atoms with van der Waals surface area (Å²) in [4.78, 5) is 1.30. The van der Waals surface area contributed by atoms with Gasteiger partial charge in [0.15, 0.2) is 0 Å². The molecule has 1 heterocycles. The Kier molecular flexibility index (Phi) is 3.41. The Balaban J connectivity index is 1.64. The predicted molar refractivity (Wildman–Crippen MR) is 59.0 cm³/mol. The highest BCUT2D eigenvalue weighted by Gasteiger charge is 2.20. The van der Waals surface area contributed by atoms with Crippen LogP contribution in [0.5, 0.6) is 0 Å². The van der Waals surface area contributed by atoms with Crippen LogP contribution in [0.3, 0.4) is 0 Å². The van der Waals surface area contributed by atoms with Crippen molar-refractivity contribution in [3.05, 3.63) is 20.8 Å². The van der Waals surface area contributed by atoms with Gasteiger partial charge < -0.3 is 4.74 Å². The fraction of sp³-hybridized carbons (Fsp3) is 0.600. The molecule has 0 spiro atoms. The summed E-state index contributed by atoms with van der Waals surface area (Å²) in [6.45, 7) is 1.69. The largest absolute Gasteiger partial charge is 0.376 e. The van der Waals surface area contributed by atoms with Gasteiger partial charge >= 0.3 is 0 Å². The van der Waals surface area contributed by atoms with E-state index in [1.54, 1.807) is 11.3 Å². The van der Waals surface area contributed by atoms with Crippen molar-refractivity contribution < 1.29 is 4.74 Å². The molecule has 1 aromatic rings. The van der Waals surface area contributed by atoms with Gasteiger partial charge in [-0.1, -0.05) is 12.8 Å². The minimum absolute atomic E-state index is 0.769. The Morgan fingerprint density at radius 2 is 2.38 bits per heavy atom. The molecule has 0 atom stereocenters. The van der Waals surface area contributed by atoms with Crippen LogP contribution in [0.2, 0.25) is 0 Å². The van der Waals surface area contributed by atoms with Crippen LogP contribution in [0.1, 0.15) is 24.1 Å². The van der Waals surface area contributed by atoms with Gasteiger partial charge in [-0.05, 0) is 39.7 Å². The smallest absolute Gasteiger partial charge is 0.0820 e. The van der Waals surface area contributed by atoms with Crippen LogP contribution < -0.4 is 0 Å². The number of hydrogen-bond acceptors (Lipinski definition) is 2. The van der Waals surface area contributed by atoms with Gasteiger partial charge in [0, 0.05) is 16.0 Å². The van der Waals surface area contributed by atoms with Crippen molar-refractivity contribution in [2.45, 2.75) is 25.9 Å². The third kappa shape index (κ3) is 3.08. The molecule has 0 unspecified atom stereocenters. The van der Waals surface area contributed by atoms with E-state index >= 15 is 0 Å². The zero-order valence-corrected chi connectivity index (χ0v) is 9.86. The normalized spacial score (nSPS) is 16.4. The van der Waals surface area contributed by atoms with Crippen LogP contribution >= 0.6 is 27.3 Å². The molecule has 13 heavy (non-hydrogen) atoms. The van der Waals surface area contributed by atoms with Crippen molar-refractivity contribution in [2.24, 2.45) is 5.92 Å². The van der Waals surface area contributed by atoms with Crippen LogP contribution in [-0.4, -0.2) is 6.61 Å². The molecule has 2 rings (SSSR count). The Bertz CT molecular complexity index is 268. The molecule has 0 bridgehead atoms. The maximum absolute atomic E-state index is 5.59. The van der Waals surface area contributed by atoms with E-state index < -0.39 is 0 Å². The second-order valence-electron chi connectivity index (χ2n) is 3.48. The number of halogens is 1. The van der Waals surface area contributed by atoms with Gasteiger partial charge in [-0.3, -0.25) is 0 Å². The zero-order chi connectivity index (χ0) is 9.10. The molecule has 1 aliphatic carbocycles. The van der Waals surface area contributed by atoms with Crippen LogP contribution in [0.25, 0.3) is 0 Å². The van der Waals surface area contributed by atoms with E-state index in [9.17, 15) is 0 Å². The minimum Gasteiger partial charge on any atom is -0.376 e. The standard InChI is InChI=1S/C10H13BrOS/c11-9-4-6-13-10(9)7-12-5-3-8-1-2-8/h4,6,8H,1-3,5,7H2. The fourth-order valence-corrected chi connectivity index (χ4v) is 2.65. The van der Waals surface area contributed by atoms with E-state index in [2.05, 4.69) is 27.4 Å². The van der Waals surface area contributed by atoms with E-state index in [-0.39, 0.29) is 0 Å². The van der Waals surface area contributed by atoms with Crippen molar-refractivity contribution in [1.82, 2.24) is 0 Å². The molecule has 0 N–H and O–H groups in total. The van der Waals surface area contributed by atoms with E-state index in [0.29, 0.717) is 0 Å². The lowest BCUT2D eigenvalue weighted by Gasteiger charge is -2.01. The second-order valence-corrected chi connectivity index (χ2v) is 5.33. The van der Waals surface area contributed by atoms with Crippen molar-refractivity contribution >= 4 is 27.3 Å². The maximum Gasteiger partial charge on any atom is 0.0820 e. The molecule has 0 aromatic carbocycles. The summed E-state index contributed by atoms with van der Waals surface area (Å²) in [5, 5.41) is 2.09. The summed E-state index contributed by atoms with van der Waals surface area (Å²) >= 11 is 5.24. The summed E-state index contributed by atoms with van der Waals surface area (Å²) in [5.41, 5.74) is 0. The Labute approximate surface area is 91.2 Å². The summed E-state index contributed by atoms with van der Waals surface area (Å²) in [7, 11) is 0. The quantitative estimate of drug-likeness (QED) is 0.732. The second kappa shape index (κ2) is 4.58. The average molecular weight is 261 g/mol. The highest BCUT2D eigenvalue weighted by Crippen LogP contribution is 2.32. The van der Waals surface area contributed by atoms with Crippen LogP contribution in [0, 0.1) is 5.92 Å². The molecule has 3 heteroatoms. The van der Waals surface area contributed by atoms with Gasteiger partial charge in [0.25, 0.3) is 0 Å². The first-order valence-electron chi connectivity index (χ1n) is 4.66. The maximum atomic E-state index is 5.59. The molecule has 0 saturated heterocycles. The molecule has 0 aliphatic heterocycles. The first-order valence-corrected chi connectivity index (χ1v) is 6.33. The highest BCUT2D eigenvalue weighted by atomic mass is 79.9. The molecular formula is C10H13BrOS. The Morgan fingerprint density at radius 3 is 3.00 bits per heavy atom. The van der Waals surface area contributed by atoms with E-state index in [0.717, 1.165) is 19.1 Å². The van der Waals surface area contributed by atoms with Crippen LogP contribution in [0.15, 0.2) is 15.9 Å². The topological polar surface area (TPSA) is 9.23 Å². The Hall–Kier alpha value is 0.140. The molecule has 1 nitrogen and oxygen atoms in total. The zero-order valence-electron chi connectivity index (χ0n) is 7.46. The average Bonchev–Trinajstić information content (AvgIpc) is 2.86. The molecule has 1 saturated carbocycles. The number of hydrogen-bond donors (Lipinski definition) is 0. The monoisotopic (exact) mass is 260 g/mol. The van der Waals surface area contributed by atoms with E-state index in [4.69, 9.17) is 4.74 Å². The number of thiophene rings is 1. The first-order chi connectivity index (χ1) is 6.36.